The Balaban J connectivity index is 0.00000171. The Bertz CT molecular complexity index is 2330. The van der Waals surface area contributed by atoms with E-state index in [9.17, 15) is 14.4 Å². The Morgan fingerprint density at radius 3 is 2.37 bits per heavy atom. The van der Waals surface area contributed by atoms with Crippen molar-refractivity contribution in [2.75, 3.05) is 34.2 Å². The van der Waals surface area contributed by atoms with Crippen molar-refractivity contribution in [1.29, 1.82) is 0 Å². The molecule has 2 N–H and O–H groups in total. The maximum absolute atomic E-state index is 15.1. The highest BCUT2D eigenvalue weighted by Crippen LogP contribution is 2.64. The van der Waals surface area contributed by atoms with Crippen LogP contribution in [0, 0.1) is 11.8 Å². The fourth-order valence-corrected chi connectivity index (χ4v) is 8.50. The molecule has 59 heavy (non-hydrogen) atoms. The Labute approximate surface area is 343 Å². The van der Waals surface area contributed by atoms with Gasteiger partial charge in [0.25, 0.3) is 5.88 Å². The second-order valence-corrected chi connectivity index (χ2v) is 16.3. The van der Waals surface area contributed by atoms with Gasteiger partial charge in [0.15, 0.2) is 23.1 Å². The quantitative estimate of drug-likeness (QED) is 0.0927. The summed E-state index contributed by atoms with van der Waals surface area (Å²) in [7, 11) is 5.21. The molecule has 1 fully saturated rings. The number of epoxide rings is 1. The van der Waals surface area contributed by atoms with Gasteiger partial charge in [-0.05, 0) is 95.5 Å². The number of benzene rings is 3. The van der Waals surface area contributed by atoms with Crippen LogP contribution in [-0.2, 0) is 35.5 Å². The number of Topliss-reactive ketones (excluding diaryl/α,β-unsaturated/α-hetero) is 2. The number of nitrogens with one attached hydrogen (secondary N) is 2. The van der Waals surface area contributed by atoms with E-state index >= 15 is 4.79 Å². The Morgan fingerprint density at radius 1 is 0.949 bits per heavy atom. The van der Waals surface area contributed by atoms with Gasteiger partial charge >= 0.3 is 12.2 Å². The second kappa shape index (κ2) is 16.5. The van der Waals surface area contributed by atoms with Crippen molar-refractivity contribution >= 4 is 34.6 Å². The number of fused-ring (bicyclic) bond motifs is 4. The Morgan fingerprint density at radius 2 is 1.69 bits per heavy atom. The van der Waals surface area contributed by atoms with E-state index in [1.54, 1.807) is 20.8 Å². The first-order valence-corrected chi connectivity index (χ1v) is 20.2. The van der Waals surface area contributed by atoms with Gasteiger partial charge in [0, 0.05) is 47.8 Å². The molecule has 1 saturated heterocycles. The summed E-state index contributed by atoms with van der Waals surface area (Å²) in [5.41, 5.74) is 0.571. The highest BCUT2D eigenvalue weighted by atomic mass is 16.7. The number of carbonyl (C=O) groups is 4. The number of allylic oxidation sites excluding steroid dienone is 1. The molecule has 0 bridgehead atoms. The molecular weight excluding hydrogens is 757 g/mol. The molecule has 14 nitrogen and oxygen atoms in total. The maximum Gasteiger partial charge on any atom is 0.514 e. The first-order valence-electron chi connectivity index (χ1n) is 20.2. The SMILES string of the molecule is CCCN(CC)Cc1ccc2c(OC(=O)NC)c3c(c(OC(=O)OC(C)(C)C)c2c1)C(=O)C1=C2O[C@]24C(=O)c2c(OCc5ccccc5)noc2C[C@@H]4CC1C3.CNC. The van der Waals surface area contributed by atoms with Crippen LogP contribution in [0.5, 0.6) is 17.4 Å². The Kier molecular flexibility index (Phi) is 11.6. The third kappa shape index (κ3) is 7.78. The van der Waals surface area contributed by atoms with Crippen molar-refractivity contribution in [1.82, 2.24) is 20.7 Å². The van der Waals surface area contributed by atoms with Crippen LogP contribution in [0.2, 0.25) is 0 Å². The highest BCUT2D eigenvalue weighted by molar-refractivity contribution is 6.20. The average molecular weight is 809 g/mol. The molecule has 1 aromatic heterocycles. The minimum atomic E-state index is -1.37. The molecule has 3 atom stereocenters. The largest absolute Gasteiger partial charge is 0.514 e. The number of carbonyl (C=O) groups excluding carboxylic acids is 4. The number of amides is 1. The standard InChI is InChI=1S/C43H45N3O10.C2H7N/c1-7-16-46(8-2)21-24-14-15-27-28(17-24)36(53-41(50)55-42(3,4)5)32-29(35(27)52-40(49)44-6)19-25-18-26-20-30-33(37(48)43(26)38(54-43)31(25)34(32)47)39(45-56-30)51-22-23-12-10-9-11-13-23;1-3-2/h9-15,17,25-26H,7-8,16,18-22H2,1-6H3,(H,44,49);3H,1-2H3/t25?,26-,43+;/m0./s1. The lowest BCUT2D eigenvalue weighted by atomic mass is 9.63. The van der Waals surface area contributed by atoms with Gasteiger partial charge in [-0.15, -0.1) is 0 Å². The van der Waals surface area contributed by atoms with Crippen molar-refractivity contribution in [2.24, 2.45) is 11.8 Å². The van der Waals surface area contributed by atoms with Crippen LogP contribution in [-0.4, -0.2) is 79.3 Å². The molecule has 4 aliphatic rings. The zero-order chi connectivity index (χ0) is 42.2. The first kappa shape index (κ1) is 41.4. The van der Waals surface area contributed by atoms with Crippen LogP contribution in [0.1, 0.15) is 90.6 Å². The molecule has 312 valence electrons. The summed E-state index contributed by atoms with van der Waals surface area (Å²) < 4.78 is 35.6. The highest BCUT2D eigenvalue weighted by Gasteiger charge is 2.72. The molecule has 3 aromatic carbocycles. The molecule has 4 aromatic rings. The van der Waals surface area contributed by atoms with Gasteiger partial charge in [-0.1, -0.05) is 56.3 Å². The van der Waals surface area contributed by atoms with Crippen LogP contribution in [0.15, 0.2) is 64.4 Å². The predicted molar refractivity (Wildman–Crippen MR) is 218 cm³/mol. The van der Waals surface area contributed by atoms with Crippen LogP contribution in [0.3, 0.4) is 0 Å². The summed E-state index contributed by atoms with van der Waals surface area (Å²) in [6.45, 7) is 11.8. The normalized spacial score (nSPS) is 19.9. The lowest BCUT2D eigenvalue weighted by Gasteiger charge is -2.36. The summed E-state index contributed by atoms with van der Waals surface area (Å²) in [5, 5.41) is 10.3. The summed E-state index contributed by atoms with van der Waals surface area (Å²) in [6.07, 6.45) is 0.246. The van der Waals surface area contributed by atoms with E-state index in [0.717, 1.165) is 30.6 Å². The number of hydrogen-bond acceptors (Lipinski definition) is 13. The summed E-state index contributed by atoms with van der Waals surface area (Å²) in [4.78, 5) is 58.2. The van der Waals surface area contributed by atoms with E-state index in [1.807, 2.05) is 62.6 Å². The topological polar surface area (TPSA) is 171 Å². The molecule has 1 unspecified atom stereocenters. The van der Waals surface area contributed by atoms with Crippen molar-refractivity contribution < 1.29 is 47.4 Å². The molecule has 1 aliphatic heterocycles. The third-order valence-corrected chi connectivity index (χ3v) is 11.0. The molecule has 1 amide bonds. The maximum atomic E-state index is 15.1. The molecular formula is C45H52N4O10. The molecule has 2 heterocycles. The minimum absolute atomic E-state index is 0.00448. The summed E-state index contributed by atoms with van der Waals surface area (Å²) >= 11 is 0. The first-order chi connectivity index (χ1) is 28.3. The van der Waals surface area contributed by atoms with Crippen molar-refractivity contribution in [2.45, 2.75) is 84.7 Å². The molecule has 0 radical (unpaired) electrons. The number of hydrogen-bond donors (Lipinski definition) is 2. The fraction of sp³-hybridized carbons (Fsp3) is 0.444. The number of rotatable bonds is 10. The van der Waals surface area contributed by atoms with Gasteiger partial charge in [0.2, 0.25) is 11.4 Å². The fourth-order valence-electron chi connectivity index (χ4n) is 8.50. The number of ketones is 2. The molecule has 3 aliphatic carbocycles. The van der Waals surface area contributed by atoms with Crippen LogP contribution >= 0.6 is 0 Å². The molecule has 14 heteroatoms. The number of nitrogens with zero attached hydrogens (tertiary/aromatic N) is 2. The predicted octanol–water partition coefficient (Wildman–Crippen LogP) is 7.34. The van der Waals surface area contributed by atoms with Gasteiger partial charge in [-0.25, -0.2) is 9.59 Å². The monoisotopic (exact) mass is 808 g/mol. The van der Waals surface area contributed by atoms with Crippen LogP contribution < -0.4 is 24.8 Å². The van der Waals surface area contributed by atoms with Gasteiger partial charge in [-0.3, -0.25) is 14.5 Å². The van der Waals surface area contributed by atoms with E-state index in [2.05, 4.69) is 34.5 Å². The molecule has 8 rings (SSSR count). The van der Waals surface area contributed by atoms with E-state index in [4.69, 9.17) is 28.2 Å². The minimum Gasteiger partial charge on any atom is -0.470 e. The van der Waals surface area contributed by atoms with Crippen molar-refractivity contribution in [3.63, 3.8) is 0 Å². The summed E-state index contributed by atoms with van der Waals surface area (Å²) in [5.74, 6) is -0.603. The van der Waals surface area contributed by atoms with Crippen molar-refractivity contribution in [3.8, 4) is 17.4 Å². The molecule has 1 spiro atoms. The average Bonchev–Trinajstić information content (AvgIpc) is 3.83. The van der Waals surface area contributed by atoms with E-state index in [1.165, 1.54) is 7.05 Å². The third-order valence-electron chi connectivity index (χ3n) is 11.0. The van der Waals surface area contributed by atoms with E-state index < -0.39 is 35.2 Å². The Hall–Kier alpha value is -5.73. The van der Waals surface area contributed by atoms with E-state index in [0.29, 0.717) is 52.8 Å². The van der Waals surface area contributed by atoms with Gasteiger partial charge in [-0.2, -0.15) is 0 Å². The molecule has 0 saturated carbocycles. The van der Waals surface area contributed by atoms with Crippen LogP contribution in [0.4, 0.5) is 9.59 Å². The van der Waals surface area contributed by atoms with Gasteiger partial charge in [0.1, 0.15) is 23.5 Å². The van der Waals surface area contributed by atoms with Crippen molar-refractivity contribution in [3.05, 3.63) is 93.4 Å². The van der Waals surface area contributed by atoms with Gasteiger partial charge in [0.05, 0.1) is 5.56 Å². The zero-order valence-electron chi connectivity index (χ0n) is 34.9. The second-order valence-electron chi connectivity index (χ2n) is 16.3. The van der Waals surface area contributed by atoms with E-state index in [-0.39, 0.29) is 53.2 Å². The lowest BCUT2D eigenvalue weighted by Crippen LogP contribution is -2.44. The number of aromatic nitrogens is 1. The lowest BCUT2D eigenvalue weighted by molar-refractivity contribution is 0.0207. The zero-order valence-corrected chi connectivity index (χ0v) is 34.9. The smallest absolute Gasteiger partial charge is 0.470 e. The van der Waals surface area contributed by atoms with Gasteiger partial charge < -0.3 is 38.8 Å². The van der Waals surface area contributed by atoms with Crippen LogP contribution in [0.25, 0.3) is 10.8 Å². The summed E-state index contributed by atoms with van der Waals surface area (Å²) in [6, 6.07) is 15.2. The number of ether oxygens (including phenoxy) is 5.